The van der Waals surface area contributed by atoms with Crippen LogP contribution in [0.1, 0.15) is 218 Å². The number of piperidine rings is 4. The molecule has 9 aliphatic carbocycles. The average Bonchev–Trinajstić information content (AvgIpc) is 1.24. The van der Waals surface area contributed by atoms with E-state index >= 15 is 0 Å². The number of carbonyl (C=O) groups excluding carboxylic acids is 1. The van der Waals surface area contributed by atoms with E-state index in [0.717, 1.165) is 131 Å². The zero-order valence-corrected chi connectivity index (χ0v) is 63.1. The number of Topliss-reactive ketones (excluding diaryl/α,β-unsaturated/α-hetero) is 1. The summed E-state index contributed by atoms with van der Waals surface area (Å²) in [6, 6.07) is 38.5. The van der Waals surface area contributed by atoms with Gasteiger partial charge in [0.1, 0.15) is 34.6 Å². The van der Waals surface area contributed by atoms with E-state index in [2.05, 4.69) is 99.3 Å². The highest BCUT2D eigenvalue weighted by molar-refractivity contribution is 5.97. The van der Waals surface area contributed by atoms with Gasteiger partial charge < -0.3 is 43.3 Å². The summed E-state index contributed by atoms with van der Waals surface area (Å²) in [6.45, 7) is 16.0. The topological polar surface area (TPSA) is 76.2 Å². The monoisotopic (exact) mass is 1390 g/mol. The van der Waals surface area contributed by atoms with E-state index in [-0.39, 0.29) is 23.6 Å². The lowest BCUT2D eigenvalue weighted by molar-refractivity contribution is 0.0588. The molecule has 4 aliphatic heterocycles. The summed E-state index contributed by atoms with van der Waals surface area (Å²) in [6.07, 6.45) is 39.9. The molecule has 11 heteroatoms. The molecule has 8 saturated carbocycles. The van der Waals surface area contributed by atoms with Crippen LogP contribution in [0.4, 0.5) is 4.39 Å². The summed E-state index contributed by atoms with van der Waals surface area (Å²) >= 11 is 0. The molecule has 4 saturated heterocycles. The van der Waals surface area contributed by atoms with Crippen molar-refractivity contribution in [2.24, 2.45) is 65.1 Å². The molecule has 4 unspecified atom stereocenters. The Morgan fingerprint density at radius 2 is 0.980 bits per heavy atom. The van der Waals surface area contributed by atoms with Crippen molar-refractivity contribution in [1.29, 1.82) is 0 Å². The molecule has 13 aliphatic rings. The molecule has 10 atom stereocenters. The minimum Gasteiger partial charge on any atom is -0.497 e. The van der Waals surface area contributed by atoms with Gasteiger partial charge in [-0.05, 0) is 340 Å². The molecule has 0 N–H and O–H groups in total. The predicted octanol–water partition coefficient (Wildman–Crippen LogP) is 19.5. The van der Waals surface area contributed by atoms with Gasteiger partial charge in [-0.2, -0.15) is 0 Å². The van der Waals surface area contributed by atoms with Crippen LogP contribution in [0.5, 0.6) is 28.7 Å². The number of fused-ring (bicyclic) bond motifs is 9. The van der Waals surface area contributed by atoms with Gasteiger partial charge in [-0.1, -0.05) is 112 Å². The zero-order chi connectivity index (χ0) is 69.9. The third kappa shape index (κ3) is 17.9. The summed E-state index contributed by atoms with van der Waals surface area (Å²) in [5.41, 5.74) is 5.81. The fourth-order valence-electron chi connectivity index (χ4n) is 22.5. The lowest BCUT2D eigenvalue weighted by atomic mass is 9.64. The highest BCUT2D eigenvalue weighted by atomic mass is 19.1. The number of carbonyl (C=O) groups is 1. The Morgan fingerprint density at radius 1 is 0.451 bits per heavy atom. The molecular weight excluding hydrogens is 1260 g/mol. The number of likely N-dealkylation sites (tertiary alicyclic amines) is 4. The second-order valence-electron chi connectivity index (χ2n) is 34.3. The van der Waals surface area contributed by atoms with Crippen LogP contribution in [0.25, 0.3) is 0 Å². The van der Waals surface area contributed by atoms with Gasteiger partial charge in [-0.3, -0.25) is 4.79 Å². The maximum atomic E-state index is 13.8. The van der Waals surface area contributed by atoms with Crippen LogP contribution < -0.4 is 23.7 Å². The molecule has 0 radical (unpaired) electrons. The van der Waals surface area contributed by atoms with Crippen LogP contribution >= 0.6 is 0 Å². The second-order valence-corrected chi connectivity index (χ2v) is 34.3. The van der Waals surface area contributed by atoms with Crippen LogP contribution in [0.15, 0.2) is 127 Å². The van der Waals surface area contributed by atoms with Crippen molar-refractivity contribution < 1.29 is 32.9 Å². The Balaban J connectivity index is 0.000000116. The Bertz CT molecular complexity index is 3480. The Morgan fingerprint density at radius 3 is 1.53 bits per heavy atom. The van der Waals surface area contributed by atoms with E-state index < -0.39 is 0 Å². The number of halogens is 1. The van der Waals surface area contributed by atoms with Crippen LogP contribution in [-0.2, 0) is 5.41 Å². The Hall–Kier alpha value is -5.72. The summed E-state index contributed by atoms with van der Waals surface area (Å²) in [4.78, 5) is 23.5. The second kappa shape index (κ2) is 34.7. The van der Waals surface area contributed by atoms with E-state index in [1.807, 2.05) is 24.3 Å². The number of hydrogen-bond donors (Lipinski definition) is 0. The SMILES string of the molecule is COc1ccc(C(=O)COc2ccccc2C2CCN([C@H]3C[C@H]4CC[C@H]3C4)CC2)cc1.COc1ccc(F)cc1C1(C)CCN(C[C@@H]2C[C@H]3C=C[C@H]2C3)CC1.COc1ccccc1C1CCN(CC2CC3CCC2CC3)CC1.COc1ccccc1C1CCN(CC2CCCC3CCC2C3)CC1. The maximum absolute atomic E-state index is 13.8. The summed E-state index contributed by atoms with van der Waals surface area (Å²) in [7, 11) is 6.90. The van der Waals surface area contributed by atoms with Gasteiger partial charge in [0.2, 0.25) is 0 Å². The fourth-order valence-corrected chi connectivity index (χ4v) is 22.5. The number of methoxy groups -OCH3 is 4. The third-order valence-electron chi connectivity index (χ3n) is 28.5. The number of allylic oxidation sites excluding steroid dienone is 2. The van der Waals surface area contributed by atoms with Crippen LogP contribution in [0.3, 0.4) is 0 Å². The Kier molecular flexibility index (Phi) is 24.9. The first-order valence-electron chi connectivity index (χ1n) is 41.0. The van der Waals surface area contributed by atoms with Gasteiger partial charge in [0.05, 0.1) is 28.4 Å². The molecule has 0 aromatic heterocycles. The van der Waals surface area contributed by atoms with Crippen LogP contribution in [-0.4, -0.2) is 138 Å². The first-order chi connectivity index (χ1) is 49.9. The quantitative estimate of drug-likeness (QED) is 0.0589. The number of nitrogens with zero attached hydrogens (tertiary/aromatic N) is 4. The zero-order valence-electron chi connectivity index (χ0n) is 63.1. The van der Waals surface area contributed by atoms with Crippen molar-refractivity contribution in [3.8, 4) is 28.7 Å². The van der Waals surface area contributed by atoms with Crippen molar-refractivity contribution in [2.75, 3.05) is 107 Å². The number of rotatable bonds is 19. The molecule has 5 aromatic rings. The van der Waals surface area contributed by atoms with E-state index in [0.29, 0.717) is 23.3 Å². The van der Waals surface area contributed by atoms with E-state index in [9.17, 15) is 9.18 Å². The Labute approximate surface area is 613 Å². The number of ether oxygens (including phenoxy) is 5. The molecule has 552 valence electrons. The van der Waals surface area contributed by atoms with Crippen LogP contribution in [0, 0.1) is 70.9 Å². The summed E-state index contributed by atoms with van der Waals surface area (Å²) in [5.74, 6) is 17.0. The van der Waals surface area contributed by atoms with Gasteiger partial charge in [0.25, 0.3) is 0 Å². The van der Waals surface area contributed by atoms with Gasteiger partial charge >= 0.3 is 0 Å². The molecule has 4 heterocycles. The van der Waals surface area contributed by atoms with Crippen molar-refractivity contribution >= 4 is 5.78 Å². The van der Waals surface area contributed by atoms with Gasteiger partial charge in [-0.25, -0.2) is 4.39 Å². The van der Waals surface area contributed by atoms with Crippen molar-refractivity contribution in [1.82, 2.24) is 19.6 Å². The van der Waals surface area contributed by atoms with Gasteiger partial charge in [0.15, 0.2) is 12.4 Å². The molecular formula is C91H125FN4O6. The van der Waals surface area contributed by atoms with Gasteiger partial charge in [-0.15, -0.1) is 0 Å². The highest BCUT2D eigenvalue weighted by Crippen LogP contribution is 2.51. The minimum atomic E-state index is -0.164. The van der Waals surface area contributed by atoms with Crippen molar-refractivity contribution in [3.63, 3.8) is 0 Å². The molecule has 5 aromatic carbocycles. The molecule has 18 rings (SSSR count). The van der Waals surface area contributed by atoms with Crippen molar-refractivity contribution in [3.05, 3.63) is 161 Å². The number of ketones is 1. The van der Waals surface area contributed by atoms with E-state index in [4.69, 9.17) is 23.7 Å². The molecule has 0 amide bonds. The van der Waals surface area contributed by atoms with E-state index in [1.165, 1.54) is 223 Å². The number of para-hydroxylation sites is 3. The lowest BCUT2D eigenvalue weighted by Gasteiger charge is -2.45. The largest absolute Gasteiger partial charge is 0.497 e. The first-order valence-corrected chi connectivity index (χ1v) is 41.0. The lowest BCUT2D eigenvalue weighted by Crippen LogP contribution is -2.43. The summed E-state index contributed by atoms with van der Waals surface area (Å²) < 4.78 is 41.6. The smallest absolute Gasteiger partial charge is 0.200 e. The van der Waals surface area contributed by atoms with Crippen LogP contribution in [0.2, 0.25) is 0 Å². The molecule has 8 bridgehead atoms. The molecule has 102 heavy (non-hydrogen) atoms. The first kappa shape index (κ1) is 73.2. The maximum Gasteiger partial charge on any atom is 0.200 e. The third-order valence-corrected chi connectivity index (χ3v) is 28.5. The van der Waals surface area contributed by atoms with E-state index in [1.54, 1.807) is 59.1 Å². The van der Waals surface area contributed by atoms with Crippen molar-refractivity contribution in [2.45, 2.75) is 197 Å². The summed E-state index contributed by atoms with van der Waals surface area (Å²) in [5, 5.41) is 0. The normalized spacial score (nSPS) is 30.1. The standard InChI is InChI=1S/C27H33NO3.C22H33NO.C21H28FNO.C21H31NO/c1-30-23-10-8-21(9-11-23)26(29)18-31-27-5-3-2-4-24(27)20-12-14-28(15-13-20)25-17-19-6-7-22(25)16-19;1-24-22-8-3-2-7-21(22)18-11-13-23(14-12-18)16-20-6-4-5-17-9-10-19(20)15-17;1-21(19-13-18(22)5-6-20(19)24-2)7-9-23(10-8-21)14-17-12-15-3-4-16(17)11-15;1-23-21-5-3-2-4-20(21)18-10-12-22(13-11-18)15-19-14-16-6-8-17(19)9-7-16/h2-5,8-11,19-20,22,25H,6-7,12-18H2,1H3;2-3,7-8,17-20H,4-6,9-16H2,1H3;3-6,13,15-17H,7-12,14H2,1-2H3;2-5,16-19H,6-15H2,1H3/t19-,22-,25-;;15-,16-,17-;/m0.0./s1. The van der Waals surface area contributed by atoms with Gasteiger partial charge in [0, 0.05) is 36.8 Å². The number of benzene rings is 5. The predicted molar refractivity (Wildman–Crippen MR) is 411 cm³/mol. The average molecular weight is 1390 g/mol. The number of hydrogen-bond acceptors (Lipinski definition) is 10. The molecule has 12 fully saturated rings. The minimum absolute atomic E-state index is 0.0106. The molecule has 0 spiro atoms. The molecule has 10 nitrogen and oxygen atoms in total. The highest BCUT2D eigenvalue weighted by Gasteiger charge is 2.44. The fraction of sp³-hybridized carbons (Fsp3) is 0.637.